The van der Waals surface area contributed by atoms with Crippen LogP contribution in [-0.4, -0.2) is 55.6 Å². The predicted molar refractivity (Wildman–Crippen MR) is 152 cm³/mol. The summed E-state index contributed by atoms with van der Waals surface area (Å²) in [5.74, 6) is 1.43. The van der Waals surface area contributed by atoms with Crippen LogP contribution in [0.4, 0.5) is 5.13 Å². The average Bonchev–Trinajstić information content (AvgIpc) is 3.47. The molecule has 2 aliphatic heterocycles. The Morgan fingerprint density at radius 1 is 1.13 bits per heavy atom. The Balaban J connectivity index is 1.14. The third-order valence-electron chi connectivity index (χ3n) is 8.58. The Labute approximate surface area is 229 Å². The van der Waals surface area contributed by atoms with E-state index in [1.165, 1.54) is 28.5 Å². The molecule has 3 aliphatic rings. The van der Waals surface area contributed by atoms with E-state index in [1.54, 1.807) is 11.3 Å². The lowest BCUT2D eigenvalue weighted by Crippen LogP contribution is -2.35. The molecule has 3 heterocycles. The van der Waals surface area contributed by atoms with E-state index in [2.05, 4.69) is 65.4 Å². The summed E-state index contributed by atoms with van der Waals surface area (Å²) in [6.07, 6.45) is 4.31. The molecule has 2 saturated heterocycles. The summed E-state index contributed by atoms with van der Waals surface area (Å²) in [6, 6.07) is 13.1. The first kappa shape index (κ1) is 25.5. The van der Waals surface area contributed by atoms with E-state index in [0.29, 0.717) is 12.5 Å². The minimum absolute atomic E-state index is 0.0504. The van der Waals surface area contributed by atoms with Gasteiger partial charge in [-0.05, 0) is 67.9 Å². The minimum Gasteiger partial charge on any atom is -0.488 e. The van der Waals surface area contributed by atoms with Crippen molar-refractivity contribution in [2.45, 2.75) is 46.3 Å². The number of carbonyl (C=O) groups excluding carboxylic acids is 1. The normalized spacial score (nSPS) is 23.5. The zero-order valence-corrected chi connectivity index (χ0v) is 23.3. The quantitative estimate of drug-likeness (QED) is 0.351. The number of thiazole rings is 1. The number of nitrogens with zero attached hydrogens (tertiary/aromatic N) is 3. The van der Waals surface area contributed by atoms with Gasteiger partial charge in [0.25, 0.3) is 0 Å². The Hall–Kier alpha value is -2.74. The lowest BCUT2D eigenvalue weighted by atomic mass is 10.0. The molecular formula is C31H37N3O3S. The van der Waals surface area contributed by atoms with Gasteiger partial charge >= 0.3 is 0 Å². The van der Waals surface area contributed by atoms with Crippen molar-refractivity contribution < 1.29 is 14.3 Å². The van der Waals surface area contributed by atoms with E-state index in [1.807, 2.05) is 0 Å². The number of hydrogen-bond acceptors (Lipinski definition) is 7. The van der Waals surface area contributed by atoms with Crippen LogP contribution in [0.1, 0.15) is 41.5 Å². The summed E-state index contributed by atoms with van der Waals surface area (Å²) >= 11 is 1.69. The van der Waals surface area contributed by atoms with Gasteiger partial charge in [0.2, 0.25) is 0 Å². The molecule has 0 bridgehead atoms. The third kappa shape index (κ3) is 5.37. The lowest BCUT2D eigenvalue weighted by molar-refractivity contribution is -0.112. The third-order valence-corrected chi connectivity index (χ3v) is 9.48. The van der Waals surface area contributed by atoms with Crippen molar-refractivity contribution >= 4 is 22.8 Å². The van der Waals surface area contributed by atoms with Crippen molar-refractivity contribution in [3.63, 3.8) is 0 Å². The zero-order valence-electron chi connectivity index (χ0n) is 22.4. The first-order valence-corrected chi connectivity index (χ1v) is 14.7. The molecule has 2 unspecified atom stereocenters. The second kappa shape index (κ2) is 10.8. The van der Waals surface area contributed by atoms with Crippen LogP contribution in [0.2, 0.25) is 0 Å². The predicted octanol–water partition coefficient (Wildman–Crippen LogP) is 5.64. The van der Waals surface area contributed by atoms with E-state index < -0.39 is 0 Å². The molecule has 1 aromatic heterocycles. The van der Waals surface area contributed by atoms with Crippen molar-refractivity contribution in [2.75, 3.05) is 44.3 Å². The first-order chi connectivity index (χ1) is 18.5. The molecule has 0 amide bonds. The number of hydrogen-bond donors (Lipinski definition) is 0. The topological polar surface area (TPSA) is 54.9 Å². The molecule has 0 radical (unpaired) electrons. The van der Waals surface area contributed by atoms with Gasteiger partial charge in [-0.15, -0.1) is 11.3 Å². The van der Waals surface area contributed by atoms with Crippen LogP contribution < -0.4 is 9.64 Å². The van der Waals surface area contributed by atoms with Gasteiger partial charge in [0.05, 0.1) is 18.9 Å². The Morgan fingerprint density at radius 2 is 2.00 bits per heavy atom. The van der Waals surface area contributed by atoms with Crippen molar-refractivity contribution in [2.24, 2.45) is 11.3 Å². The Kier molecular flexibility index (Phi) is 7.25. The summed E-state index contributed by atoms with van der Waals surface area (Å²) in [5.41, 5.74) is 6.93. The fourth-order valence-electron chi connectivity index (χ4n) is 5.95. The van der Waals surface area contributed by atoms with E-state index in [0.717, 1.165) is 87.3 Å². The van der Waals surface area contributed by atoms with E-state index in [4.69, 9.17) is 14.5 Å². The molecule has 7 heteroatoms. The van der Waals surface area contributed by atoms with Crippen molar-refractivity contribution in [3.05, 3.63) is 64.0 Å². The van der Waals surface area contributed by atoms with Gasteiger partial charge in [0.15, 0.2) is 5.13 Å². The summed E-state index contributed by atoms with van der Waals surface area (Å²) in [4.78, 5) is 21.5. The van der Waals surface area contributed by atoms with E-state index in [9.17, 15) is 4.79 Å². The van der Waals surface area contributed by atoms with Crippen LogP contribution in [0, 0.1) is 25.2 Å². The highest BCUT2D eigenvalue weighted by Gasteiger charge is 2.54. The molecule has 6 nitrogen and oxygen atoms in total. The number of carbonyl (C=O) groups is 1. The highest BCUT2D eigenvalue weighted by Crippen LogP contribution is 2.57. The van der Waals surface area contributed by atoms with Gasteiger partial charge in [-0.1, -0.05) is 29.8 Å². The smallest absolute Gasteiger partial charge is 0.185 e. The van der Waals surface area contributed by atoms with Gasteiger partial charge in [-0.2, -0.15) is 0 Å². The lowest BCUT2D eigenvalue weighted by Gasteiger charge is -2.26. The second-order valence-electron chi connectivity index (χ2n) is 11.2. The SMILES string of the molecule is Cc1ccc(OCc2ccc(CN3CCOCC3)cc2C)c(-c2csc(N3CCC4CC4(C=O)CC3)n2)c1. The molecule has 6 rings (SSSR count). The number of rotatable bonds is 8. The minimum atomic E-state index is -0.0504. The van der Waals surface area contributed by atoms with Gasteiger partial charge in [0, 0.05) is 49.1 Å². The summed E-state index contributed by atoms with van der Waals surface area (Å²) in [6.45, 7) is 11.3. The van der Waals surface area contributed by atoms with E-state index >= 15 is 0 Å². The van der Waals surface area contributed by atoms with Crippen molar-refractivity contribution in [1.29, 1.82) is 0 Å². The van der Waals surface area contributed by atoms with Crippen LogP contribution in [-0.2, 0) is 22.7 Å². The summed E-state index contributed by atoms with van der Waals surface area (Å²) in [5, 5.41) is 3.19. The second-order valence-corrected chi connectivity index (χ2v) is 12.1. The van der Waals surface area contributed by atoms with Gasteiger partial charge in [-0.25, -0.2) is 4.98 Å². The van der Waals surface area contributed by atoms with E-state index in [-0.39, 0.29) is 5.41 Å². The maximum absolute atomic E-state index is 11.6. The summed E-state index contributed by atoms with van der Waals surface area (Å²) < 4.78 is 11.9. The first-order valence-electron chi connectivity index (χ1n) is 13.8. The molecule has 0 spiro atoms. The van der Waals surface area contributed by atoms with Crippen LogP contribution in [0.15, 0.2) is 41.8 Å². The van der Waals surface area contributed by atoms with Crippen LogP contribution >= 0.6 is 11.3 Å². The number of morpholine rings is 1. The Bertz CT molecular complexity index is 1300. The highest BCUT2D eigenvalue weighted by atomic mass is 32.1. The standard InChI is InChI=1S/C31H37N3O3S/c1-22-3-6-29(37-19-25-5-4-24(16-23(25)2)18-33-11-13-36-14-12-33)27(15-22)28-20-38-30(32-28)34-9-7-26-17-31(26,21-35)8-10-34/h3-6,15-16,20-21,26H,7-14,17-19H2,1-2H3. The van der Waals surface area contributed by atoms with Gasteiger partial charge < -0.3 is 19.2 Å². The average molecular weight is 532 g/mol. The van der Waals surface area contributed by atoms with Crippen LogP contribution in [0.25, 0.3) is 11.3 Å². The molecule has 2 aromatic carbocycles. The molecular weight excluding hydrogens is 494 g/mol. The molecule has 3 aromatic rings. The maximum atomic E-state index is 11.6. The monoisotopic (exact) mass is 531 g/mol. The molecule has 1 aliphatic carbocycles. The molecule has 200 valence electrons. The number of ether oxygens (including phenoxy) is 2. The number of benzene rings is 2. The van der Waals surface area contributed by atoms with Gasteiger partial charge in [-0.3, -0.25) is 4.90 Å². The highest BCUT2D eigenvalue weighted by molar-refractivity contribution is 7.14. The maximum Gasteiger partial charge on any atom is 0.185 e. The number of aryl methyl sites for hydroxylation is 2. The van der Waals surface area contributed by atoms with Gasteiger partial charge in [0.1, 0.15) is 18.6 Å². The number of anilines is 1. The number of aldehydes is 1. The number of aromatic nitrogens is 1. The number of fused-ring (bicyclic) bond motifs is 1. The van der Waals surface area contributed by atoms with Crippen LogP contribution in [0.3, 0.4) is 0 Å². The molecule has 3 fully saturated rings. The molecule has 0 N–H and O–H groups in total. The fourth-order valence-corrected chi connectivity index (χ4v) is 6.83. The zero-order chi connectivity index (χ0) is 26.1. The van der Waals surface area contributed by atoms with Crippen molar-refractivity contribution in [1.82, 2.24) is 9.88 Å². The Morgan fingerprint density at radius 3 is 2.82 bits per heavy atom. The summed E-state index contributed by atoms with van der Waals surface area (Å²) in [7, 11) is 0. The van der Waals surface area contributed by atoms with Crippen LogP contribution in [0.5, 0.6) is 5.75 Å². The molecule has 2 atom stereocenters. The molecule has 1 saturated carbocycles. The molecule has 38 heavy (non-hydrogen) atoms. The fraction of sp³-hybridized carbons (Fsp3) is 0.484. The largest absolute Gasteiger partial charge is 0.488 e. The van der Waals surface area contributed by atoms with Crippen molar-refractivity contribution in [3.8, 4) is 17.0 Å².